The van der Waals surface area contributed by atoms with Gasteiger partial charge in [-0.25, -0.2) is 5.14 Å². The summed E-state index contributed by atoms with van der Waals surface area (Å²) in [6.45, 7) is 3.79. The topological polar surface area (TPSA) is 66.6 Å². The summed E-state index contributed by atoms with van der Waals surface area (Å²) in [5.74, 6) is 0. The van der Waals surface area contributed by atoms with Crippen molar-refractivity contribution in [3.63, 3.8) is 0 Å². The Morgan fingerprint density at radius 2 is 1.83 bits per heavy atom. The van der Waals surface area contributed by atoms with Gasteiger partial charge in [0.25, 0.3) is 10.2 Å². The van der Waals surface area contributed by atoms with Crippen LogP contribution in [0.15, 0.2) is 0 Å². The summed E-state index contributed by atoms with van der Waals surface area (Å²) in [5.41, 5.74) is -0.794. The Bertz CT molecular complexity index is 394. The van der Waals surface area contributed by atoms with Gasteiger partial charge in [-0.15, -0.1) is 0 Å². The molecule has 5 nitrogen and oxygen atoms in total. The molecular weight excluding hydrogens is 271 g/mol. The van der Waals surface area contributed by atoms with Crippen molar-refractivity contribution in [3.05, 3.63) is 0 Å². The molecule has 2 N–H and O–H groups in total. The molecule has 0 spiro atoms. The third-order valence-corrected chi connectivity index (χ3v) is 4.21. The molecule has 0 aromatic carbocycles. The Labute approximate surface area is 105 Å². The zero-order chi connectivity index (χ0) is 14.2. The number of hydrogen-bond acceptors (Lipinski definition) is 3. The Morgan fingerprint density at radius 1 is 1.28 bits per heavy atom. The molecule has 1 rings (SSSR count). The molecule has 0 bridgehead atoms. The minimum atomic E-state index is -4.19. The number of hydrogen-bond donors (Lipinski definition) is 1. The Morgan fingerprint density at radius 3 is 2.22 bits per heavy atom. The summed E-state index contributed by atoms with van der Waals surface area (Å²) < 4.78 is 60.1. The van der Waals surface area contributed by atoms with Crippen molar-refractivity contribution in [2.24, 2.45) is 5.14 Å². The van der Waals surface area contributed by atoms with Gasteiger partial charge in [0.05, 0.1) is 6.42 Å². The van der Waals surface area contributed by atoms with E-state index in [2.05, 4.69) is 0 Å². The maximum absolute atomic E-state index is 12.1. The fourth-order valence-electron chi connectivity index (χ4n) is 2.19. The SMILES string of the molecule is CC1(C)CN(CCC(F)(F)F)CCN1S(N)(=O)=O. The molecule has 0 unspecified atom stereocenters. The predicted molar refractivity (Wildman–Crippen MR) is 61.0 cm³/mol. The van der Waals surface area contributed by atoms with Gasteiger partial charge in [-0.2, -0.15) is 25.9 Å². The van der Waals surface area contributed by atoms with Crippen LogP contribution in [0.4, 0.5) is 13.2 Å². The van der Waals surface area contributed by atoms with Gasteiger partial charge in [-0.3, -0.25) is 4.90 Å². The van der Waals surface area contributed by atoms with Crippen molar-refractivity contribution in [3.8, 4) is 0 Å². The number of halogens is 3. The van der Waals surface area contributed by atoms with E-state index < -0.39 is 28.3 Å². The molecule has 9 heteroatoms. The Kier molecular flexibility index (Phi) is 4.31. The molecule has 1 saturated heterocycles. The molecule has 0 amide bonds. The van der Waals surface area contributed by atoms with Crippen molar-refractivity contribution in [1.82, 2.24) is 9.21 Å². The number of rotatable bonds is 3. The van der Waals surface area contributed by atoms with Gasteiger partial charge in [0, 0.05) is 31.7 Å². The number of alkyl halides is 3. The van der Waals surface area contributed by atoms with Gasteiger partial charge >= 0.3 is 6.18 Å². The molecule has 0 aromatic heterocycles. The van der Waals surface area contributed by atoms with Gasteiger partial charge < -0.3 is 0 Å². The first kappa shape index (κ1) is 15.7. The van der Waals surface area contributed by atoms with Crippen LogP contribution in [-0.4, -0.2) is 55.5 Å². The third kappa shape index (κ3) is 4.38. The summed E-state index contributed by atoms with van der Waals surface area (Å²) in [4.78, 5) is 1.61. The van der Waals surface area contributed by atoms with Crippen molar-refractivity contribution in [2.45, 2.75) is 32.0 Å². The van der Waals surface area contributed by atoms with Crippen LogP contribution >= 0.6 is 0 Å². The van der Waals surface area contributed by atoms with E-state index in [9.17, 15) is 21.6 Å². The van der Waals surface area contributed by atoms with Gasteiger partial charge in [0.1, 0.15) is 0 Å². The molecule has 0 radical (unpaired) electrons. The highest BCUT2D eigenvalue weighted by atomic mass is 32.2. The lowest BCUT2D eigenvalue weighted by atomic mass is 10.0. The minimum absolute atomic E-state index is 0.115. The molecule has 1 heterocycles. The summed E-state index contributed by atoms with van der Waals surface area (Å²) in [5, 5.41) is 5.07. The predicted octanol–water partition coefficient (Wildman–Crippen LogP) is 0.539. The van der Waals surface area contributed by atoms with Crippen LogP contribution in [0.1, 0.15) is 20.3 Å². The molecule has 1 aliphatic rings. The normalized spacial score (nSPS) is 23.2. The maximum atomic E-state index is 12.1. The van der Waals surface area contributed by atoms with E-state index in [-0.39, 0.29) is 26.2 Å². The van der Waals surface area contributed by atoms with Gasteiger partial charge in [-0.1, -0.05) is 0 Å². The molecule has 108 valence electrons. The third-order valence-electron chi connectivity index (χ3n) is 2.92. The van der Waals surface area contributed by atoms with Crippen molar-refractivity contribution >= 4 is 10.2 Å². The van der Waals surface area contributed by atoms with E-state index in [1.54, 1.807) is 18.7 Å². The van der Waals surface area contributed by atoms with Crippen LogP contribution in [0.25, 0.3) is 0 Å². The largest absolute Gasteiger partial charge is 0.390 e. The average Bonchev–Trinajstić information content (AvgIpc) is 2.09. The van der Waals surface area contributed by atoms with Gasteiger partial charge in [0.15, 0.2) is 0 Å². The summed E-state index contributed by atoms with van der Waals surface area (Å²) >= 11 is 0. The van der Waals surface area contributed by atoms with Crippen molar-refractivity contribution in [1.29, 1.82) is 0 Å². The molecule has 1 aliphatic heterocycles. The van der Waals surface area contributed by atoms with Crippen LogP contribution in [0, 0.1) is 0 Å². The van der Waals surface area contributed by atoms with E-state index in [4.69, 9.17) is 5.14 Å². The van der Waals surface area contributed by atoms with Crippen LogP contribution in [0.5, 0.6) is 0 Å². The number of piperazine rings is 1. The van der Waals surface area contributed by atoms with E-state index in [0.717, 1.165) is 4.31 Å². The quantitative estimate of drug-likeness (QED) is 0.824. The second-order valence-electron chi connectivity index (χ2n) is 5.07. The van der Waals surface area contributed by atoms with E-state index in [1.807, 2.05) is 0 Å². The van der Waals surface area contributed by atoms with Crippen LogP contribution < -0.4 is 5.14 Å². The highest BCUT2D eigenvalue weighted by Gasteiger charge is 2.40. The number of nitrogens with zero attached hydrogens (tertiary/aromatic N) is 2. The summed E-state index contributed by atoms with van der Waals surface area (Å²) in [7, 11) is -3.82. The standard InChI is InChI=1S/C9H18F3N3O2S/c1-8(2)7-14(4-3-9(10,11)12)5-6-15(8)18(13,16)17/h3-7H2,1-2H3,(H2,13,16,17). The lowest BCUT2D eigenvalue weighted by Gasteiger charge is -2.45. The molecule has 0 saturated carbocycles. The Balaban J connectivity index is 2.63. The van der Waals surface area contributed by atoms with E-state index in [1.165, 1.54) is 0 Å². The van der Waals surface area contributed by atoms with E-state index >= 15 is 0 Å². The van der Waals surface area contributed by atoms with Gasteiger partial charge in [-0.05, 0) is 13.8 Å². The van der Waals surface area contributed by atoms with Crippen LogP contribution in [-0.2, 0) is 10.2 Å². The second kappa shape index (κ2) is 4.95. The number of nitrogens with two attached hydrogens (primary N) is 1. The minimum Gasteiger partial charge on any atom is -0.300 e. The molecule has 1 fully saturated rings. The van der Waals surface area contributed by atoms with Gasteiger partial charge in [0.2, 0.25) is 0 Å². The summed E-state index contributed by atoms with van der Waals surface area (Å²) in [6.07, 6.45) is -5.08. The first-order valence-corrected chi connectivity index (χ1v) is 7.02. The maximum Gasteiger partial charge on any atom is 0.390 e. The highest BCUT2D eigenvalue weighted by molar-refractivity contribution is 7.86. The molecule has 0 aromatic rings. The second-order valence-corrected chi connectivity index (χ2v) is 6.54. The van der Waals surface area contributed by atoms with Crippen molar-refractivity contribution < 1.29 is 21.6 Å². The first-order valence-electron chi connectivity index (χ1n) is 5.51. The van der Waals surface area contributed by atoms with Crippen LogP contribution in [0.2, 0.25) is 0 Å². The van der Waals surface area contributed by atoms with Crippen molar-refractivity contribution in [2.75, 3.05) is 26.2 Å². The first-order chi connectivity index (χ1) is 7.92. The molecular formula is C9H18F3N3O2S. The molecule has 0 aliphatic carbocycles. The zero-order valence-electron chi connectivity index (χ0n) is 10.4. The highest BCUT2D eigenvalue weighted by Crippen LogP contribution is 2.25. The fraction of sp³-hybridized carbons (Fsp3) is 1.00. The smallest absolute Gasteiger partial charge is 0.300 e. The Hall–Kier alpha value is -0.380. The molecule has 0 atom stereocenters. The van der Waals surface area contributed by atoms with Crippen LogP contribution in [0.3, 0.4) is 0 Å². The fourth-order valence-corrected chi connectivity index (χ4v) is 3.27. The van der Waals surface area contributed by atoms with E-state index in [0.29, 0.717) is 0 Å². The lowest BCUT2D eigenvalue weighted by molar-refractivity contribution is -0.139. The average molecular weight is 289 g/mol. The summed E-state index contributed by atoms with van der Waals surface area (Å²) in [6, 6.07) is 0. The molecule has 18 heavy (non-hydrogen) atoms. The lowest BCUT2D eigenvalue weighted by Crippen LogP contribution is -2.62. The monoisotopic (exact) mass is 289 g/mol. The zero-order valence-corrected chi connectivity index (χ0v) is 11.2.